The molecule has 18 heavy (non-hydrogen) atoms. The van der Waals surface area contributed by atoms with Crippen LogP contribution in [-0.4, -0.2) is 31.8 Å². The molecule has 0 saturated carbocycles. The van der Waals surface area contributed by atoms with Crippen LogP contribution in [0.15, 0.2) is 23.1 Å². The molecule has 1 aliphatic heterocycles. The van der Waals surface area contributed by atoms with Crippen molar-refractivity contribution in [3.05, 3.63) is 29.3 Å². The number of hydrogen-bond donors (Lipinski definition) is 2. The Morgan fingerprint density at radius 3 is 2.89 bits per heavy atom. The maximum absolute atomic E-state index is 11.8. The fraction of sp³-hybridized carbons (Fsp3) is 0.417. The number of sulfone groups is 1. The molecule has 0 bridgehead atoms. The standard InChI is InChI=1S/C12H15NO4S/c14-8-12(15)13-7-9-3-4-11-10(6-9)2-1-5-18(11,16)17/h3-4,6,14H,1-2,5,7-8H2,(H,13,15). The summed E-state index contributed by atoms with van der Waals surface area (Å²) in [6.45, 7) is -0.244. The molecule has 1 aromatic carbocycles. The van der Waals surface area contributed by atoms with Crippen LogP contribution in [0.2, 0.25) is 0 Å². The lowest BCUT2D eigenvalue weighted by Gasteiger charge is -2.17. The molecule has 1 aromatic rings. The Morgan fingerprint density at radius 1 is 1.39 bits per heavy atom. The highest BCUT2D eigenvalue weighted by Gasteiger charge is 2.23. The predicted octanol–water partition coefficient (Wildman–Crippen LogP) is 0.0150. The first-order chi connectivity index (χ1) is 8.53. The van der Waals surface area contributed by atoms with Crippen molar-refractivity contribution in [1.29, 1.82) is 0 Å². The quantitative estimate of drug-likeness (QED) is 0.810. The maximum atomic E-state index is 11.8. The molecule has 0 radical (unpaired) electrons. The van der Waals surface area contributed by atoms with Crippen molar-refractivity contribution in [2.75, 3.05) is 12.4 Å². The van der Waals surface area contributed by atoms with Gasteiger partial charge in [-0.25, -0.2) is 8.42 Å². The van der Waals surface area contributed by atoms with E-state index in [4.69, 9.17) is 5.11 Å². The van der Waals surface area contributed by atoms with Crippen molar-refractivity contribution in [2.24, 2.45) is 0 Å². The minimum Gasteiger partial charge on any atom is -0.387 e. The fourth-order valence-corrected chi connectivity index (χ4v) is 3.64. The van der Waals surface area contributed by atoms with Gasteiger partial charge in [0.05, 0.1) is 10.6 Å². The van der Waals surface area contributed by atoms with E-state index in [9.17, 15) is 13.2 Å². The molecule has 2 rings (SSSR count). The van der Waals surface area contributed by atoms with Crippen molar-refractivity contribution in [3.63, 3.8) is 0 Å². The van der Waals surface area contributed by atoms with Gasteiger partial charge in [-0.1, -0.05) is 12.1 Å². The lowest BCUT2D eigenvalue weighted by Crippen LogP contribution is -2.25. The summed E-state index contributed by atoms with van der Waals surface area (Å²) in [6.07, 6.45) is 1.39. The molecule has 6 heteroatoms. The van der Waals surface area contributed by atoms with E-state index in [0.29, 0.717) is 17.9 Å². The zero-order chi connectivity index (χ0) is 13.2. The van der Waals surface area contributed by atoms with Gasteiger partial charge < -0.3 is 10.4 Å². The number of benzene rings is 1. The van der Waals surface area contributed by atoms with Crippen LogP contribution in [0.3, 0.4) is 0 Å². The van der Waals surface area contributed by atoms with Crippen molar-refractivity contribution < 1.29 is 18.3 Å². The second kappa shape index (κ2) is 5.07. The molecule has 0 atom stereocenters. The van der Waals surface area contributed by atoms with Crippen molar-refractivity contribution in [3.8, 4) is 0 Å². The van der Waals surface area contributed by atoms with E-state index in [2.05, 4.69) is 5.32 Å². The number of aliphatic hydroxyl groups excluding tert-OH is 1. The van der Waals surface area contributed by atoms with Gasteiger partial charge in [-0.15, -0.1) is 0 Å². The average Bonchev–Trinajstić information content (AvgIpc) is 2.35. The van der Waals surface area contributed by atoms with Crippen molar-refractivity contribution in [2.45, 2.75) is 24.3 Å². The van der Waals surface area contributed by atoms with Crippen LogP contribution in [0.4, 0.5) is 0 Å². The van der Waals surface area contributed by atoms with Crippen LogP contribution in [0, 0.1) is 0 Å². The minimum absolute atomic E-state index is 0.209. The molecule has 1 amide bonds. The molecule has 0 aliphatic carbocycles. The SMILES string of the molecule is O=C(CO)NCc1ccc2c(c1)CCCS2(=O)=O. The summed E-state index contributed by atoms with van der Waals surface area (Å²) < 4.78 is 23.6. The number of amides is 1. The summed E-state index contributed by atoms with van der Waals surface area (Å²) in [5, 5.41) is 11.1. The predicted molar refractivity (Wildman–Crippen MR) is 65.7 cm³/mol. The summed E-state index contributed by atoms with van der Waals surface area (Å²) in [7, 11) is -3.12. The first-order valence-corrected chi connectivity index (χ1v) is 7.40. The Hall–Kier alpha value is -1.40. The second-order valence-corrected chi connectivity index (χ2v) is 6.38. The lowest BCUT2D eigenvalue weighted by atomic mass is 10.1. The van der Waals surface area contributed by atoms with Crippen LogP contribution in [0.1, 0.15) is 17.5 Å². The van der Waals surface area contributed by atoms with E-state index in [1.165, 1.54) is 0 Å². The minimum atomic E-state index is -3.12. The number of hydrogen-bond acceptors (Lipinski definition) is 4. The number of aryl methyl sites for hydroxylation is 1. The second-order valence-electron chi connectivity index (χ2n) is 4.30. The van der Waals surface area contributed by atoms with Crippen LogP contribution in [0.25, 0.3) is 0 Å². The number of rotatable bonds is 3. The third-order valence-corrected chi connectivity index (χ3v) is 4.85. The smallest absolute Gasteiger partial charge is 0.245 e. The molecule has 0 aromatic heterocycles. The van der Waals surface area contributed by atoms with Gasteiger partial charge in [-0.3, -0.25) is 4.79 Å². The van der Waals surface area contributed by atoms with Crippen LogP contribution in [-0.2, 0) is 27.6 Å². The largest absolute Gasteiger partial charge is 0.387 e. The maximum Gasteiger partial charge on any atom is 0.245 e. The molecule has 5 nitrogen and oxygen atoms in total. The number of carbonyl (C=O) groups excluding carboxylic acids is 1. The van der Waals surface area contributed by atoms with Crippen LogP contribution in [0.5, 0.6) is 0 Å². The molecule has 98 valence electrons. The van der Waals surface area contributed by atoms with Crippen LogP contribution < -0.4 is 5.32 Å². The first-order valence-electron chi connectivity index (χ1n) is 5.75. The number of carbonyl (C=O) groups is 1. The third-order valence-electron chi connectivity index (χ3n) is 2.95. The lowest BCUT2D eigenvalue weighted by molar-refractivity contribution is -0.123. The highest BCUT2D eigenvalue weighted by molar-refractivity contribution is 7.91. The number of aliphatic hydroxyl groups is 1. The molecule has 2 N–H and O–H groups in total. The zero-order valence-corrected chi connectivity index (χ0v) is 10.7. The van der Waals surface area contributed by atoms with E-state index in [0.717, 1.165) is 17.5 Å². The summed E-state index contributed by atoms with van der Waals surface area (Å²) in [5.41, 5.74) is 1.66. The molecule has 0 saturated heterocycles. The van der Waals surface area contributed by atoms with E-state index in [1.54, 1.807) is 12.1 Å². The molecule has 1 aliphatic rings. The molecule has 0 fully saturated rings. The summed E-state index contributed by atoms with van der Waals surface area (Å²) in [6, 6.07) is 5.10. The Kier molecular flexibility index (Phi) is 3.68. The highest BCUT2D eigenvalue weighted by Crippen LogP contribution is 2.25. The fourth-order valence-electron chi connectivity index (χ4n) is 2.06. The van der Waals surface area contributed by atoms with E-state index in [1.807, 2.05) is 6.07 Å². The van der Waals surface area contributed by atoms with Crippen LogP contribution >= 0.6 is 0 Å². The van der Waals surface area contributed by atoms with Crippen molar-refractivity contribution >= 4 is 15.7 Å². The molecule has 0 spiro atoms. The van der Waals surface area contributed by atoms with Gasteiger partial charge in [0.15, 0.2) is 9.84 Å². The van der Waals surface area contributed by atoms with E-state index in [-0.39, 0.29) is 5.75 Å². The normalized spacial score (nSPS) is 16.9. The van der Waals surface area contributed by atoms with Gasteiger partial charge in [0.1, 0.15) is 6.61 Å². The Bertz CT molecular complexity index is 565. The van der Waals surface area contributed by atoms with E-state index >= 15 is 0 Å². The topological polar surface area (TPSA) is 83.5 Å². The molecular formula is C12H15NO4S. The first kappa shape index (κ1) is 13.0. The zero-order valence-electron chi connectivity index (χ0n) is 9.85. The summed E-state index contributed by atoms with van der Waals surface area (Å²) in [4.78, 5) is 11.3. The Labute approximate surface area is 106 Å². The third kappa shape index (κ3) is 2.70. The molecule has 1 heterocycles. The number of fused-ring (bicyclic) bond motifs is 1. The number of nitrogens with one attached hydrogen (secondary N) is 1. The van der Waals surface area contributed by atoms with Gasteiger partial charge in [-0.05, 0) is 30.0 Å². The van der Waals surface area contributed by atoms with E-state index < -0.39 is 22.4 Å². The molecule has 0 unspecified atom stereocenters. The van der Waals surface area contributed by atoms with Gasteiger partial charge in [-0.2, -0.15) is 0 Å². The van der Waals surface area contributed by atoms with Gasteiger partial charge >= 0.3 is 0 Å². The van der Waals surface area contributed by atoms with Gasteiger partial charge in [0.2, 0.25) is 5.91 Å². The monoisotopic (exact) mass is 269 g/mol. The summed E-state index contributed by atoms with van der Waals surface area (Å²) in [5.74, 6) is -0.235. The Morgan fingerprint density at radius 2 is 2.17 bits per heavy atom. The average molecular weight is 269 g/mol. The van der Waals surface area contributed by atoms with Gasteiger partial charge in [0, 0.05) is 6.54 Å². The van der Waals surface area contributed by atoms with Gasteiger partial charge in [0.25, 0.3) is 0 Å². The molecular weight excluding hydrogens is 254 g/mol. The highest BCUT2D eigenvalue weighted by atomic mass is 32.2. The Balaban J connectivity index is 2.20. The van der Waals surface area contributed by atoms with Crippen molar-refractivity contribution in [1.82, 2.24) is 5.32 Å². The summed E-state index contributed by atoms with van der Waals surface area (Å²) >= 11 is 0.